The van der Waals surface area contributed by atoms with Crippen molar-refractivity contribution in [2.45, 2.75) is 6.92 Å². The van der Waals surface area contributed by atoms with Crippen molar-refractivity contribution in [1.82, 2.24) is 0 Å². The van der Waals surface area contributed by atoms with Crippen molar-refractivity contribution in [3.63, 3.8) is 0 Å². The first kappa shape index (κ1) is 9.55. The molecule has 0 spiro atoms. The van der Waals surface area contributed by atoms with E-state index in [1.807, 2.05) is 6.07 Å². The molecular formula is C14H11NS. The molecule has 0 atom stereocenters. The van der Waals surface area contributed by atoms with Crippen LogP contribution in [0.1, 0.15) is 17.4 Å². The molecule has 1 aliphatic heterocycles. The predicted molar refractivity (Wildman–Crippen MR) is 71.4 cm³/mol. The van der Waals surface area contributed by atoms with E-state index < -0.39 is 0 Å². The predicted octanol–water partition coefficient (Wildman–Crippen LogP) is 4.39. The molecule has 1 aromatic heterocycles. The first-order valence-electron chi connectivity index (χ1n) is 5.25. The second-order valence-electron chi connectivity index (χ2n) is 3.79. The van der Waals surface area contributed by atoms with E-state index in [2.05, 4.69) is 53.7 Å². The number of benzene rings is 1. The van der Waals surface area contributed by atoms with Gasteiger partial charge in [-0.1, -0.05) is 24.3 Å². The Morgan fingerprint density at radius 1 is 1.12 bits per heavy atom. The van der Waals surface area contributed by atoms with Crippen LogP contribution in [-0.2, 0) is 0 Å². The Hall–Kier alpha value is -1.67. The van der Waals surface area contributed by atoms with Crippen molar-refractivity contribution in [3.05, 3.63) is 52.2 Å². The van der Waals surface area contributed by atoms with E-state index in [0.29, 0.717) is 0 Å². The van der Waals surface area contributed by atoms with Gasteiger partial charge in [0.1, 0.15) is 0 Å². The van der Waals surface area contributed by atoms with E-state index >= 15 is 0 Å². The minimum atomic E-state index is 1.09. The van der Waals surface area contributed by atoms with Gasteiger partial charge in [-0.15, -0.1) is 11.3 Å². The highest BCUT2D eigenvalue weighted by Crippen LogP contribution is 2.35. The van der Waals surface area contributed by atoms with E-state index in [9.17, 15) is 0 Å². The molecule has 2 heteroatoms. The van der Waals surface area contributed by atoms with Crippen LogP contribution in [0.2, 0.25) is 0 Å². The van der Waals surface area contributed by atoms with Gasteiger partial charge in [-0.05, 0) is 30.5 Å². The number of hydrogen-bond donors (Lipinski definition) is 0. The summed E-state index contributed by atoms with van der Waals surface area (Å²) in [5.74, 6) is 0. The third-order valence-corrected chi connectivity index (χ3v) is 3.52. The van der Waals surface area contributed by atoms with Crippen LogP contribution in [0.5, 0.6) is 0 Å². The summed E-state index contributed by atoms with van der Waals surface area (Å²) < 4.78 is 0. The molecule has 0 bridgehead atoms. The molecular weight excluding hydrogens is 214 g/mol. The third-order valence-electron chi connectivity index (χ3n) is 2.70. The highest BCUT2D eigenvalue weighted by molar-refractivity contribution is 7.11. The molecule has 1 aliphatic rings. The molecule has 0 aliphatic carbocycles. The molecule has 0 saturated carbocycles. The second kappa shape index (κ2) is 3.72. The van der Waals surface area contributed by atoms with Gasteiger partial charge in [0.05, 0.1) is 5.69 Å². The lowest BCUT2D eigenvalue weighted by molar-refractivity contribution is 1.54. The highest BCUT2D eigenvalue weighted by atomic mass is 32.1. The van der Waals surface area contributed by atoms with Crippen molar-refractivity contribution < 1.29 is 0 Å². The van der Waals surface area contributed by atoms with Crippen molar-refractivity contribution in [3.8, 4) is 0 Å². The summed E-state index contributed by atoms with van der Waals surface area (Å²) in [6.45, 7) is 2.07. The highest BCUT2D eigenvalue weighted by Gasteiger charge is 2.16. The van der Waals surface area contributed by atoms with Crippen LogP contribution in [0.4, 0.5) is 5.69 Å². The van der Waals surface area contributed by atoms with Crippen LogP contribution in [0.3, 0.4) is 0 Å². The standard InChI is InChI=1S/C14H11NS/c1-10-13(9-11-5-4-8-16-11)12-6-2-3-7-14(12)15-10/h2-9H,1H3/b13-9+. The first-order valence-corrected chi connectivity index (χ1v) is 6.13. The van der Waals surface area contributed by atoms with Gasteiger partial charge in [0.25, 0.3) is 0 Å². The Morgan fingerprint density at radius 3 is 2.81 bits per heavy atom. The van der Waals surface area contributed by atoms with Crippen LogP contribution >= 0.6 is 11.3 Å². The van der Waals surface area contributed by atoms with Gasteiger partial charge in [-0.25, -0.2) is 0 Å². The number of aliphatic imine (C=N–C) groups is 1. The van der Waals surface area contributed by atoms with Crippen molar-refractivity contribution >= 4 is 34.4 Å². The Labute approximate surface area is 98.8 Å². The van der Waals surface area contributed by atoms with E-state index in [-0.39, 0.29) is 0 Å². The largest absolute Gasteiger partial charge is 0.252 e. The van der Waals surface area contributed by atoms with Crippen molar-refractivity contribution in [2.75, 3.05) is 0 Å². The molecule has 0 unspecified atom stereocenters. The van der Waals surface area contributed by atoms with Gasteiger partial charge >= 0.3 is 0 Å². The number of rotatable bonds is 1. The quantitative estimate of drug-likeness (QED) is 0.682. The second-order valence-corrected chi connectivity index (χ2v) is 4.77. The fraction of sp³-hybridized carbons (Fsp3) is 0.0714. The van der Waals surface area contributed by atoms with Crippen molar-refractivity contribution in [2.24, 2.45) is 4.99 Å². The van der Waals surface area contributed by atoms with Crippen LogP contribution in [0, 0.1) is 0 Å². The van der Waals surface area contributed by atoms with Gasteiger partial charge < -0.3 is 0 Å². The average molecular weight is 225 g/mol. The lowest BCUT2D eigenvalue weighted by atomic mass is 10.0. The fourth-order valence-electron chi connectivity index (χ4n) is 1.93. The number of fused-ring (bicyclic) bond motifs is 1. The minimum Gasteiger partial charge on any atom is -0.252 e. The maximum Gasteiger partial charge on any atom is 0.0712 e. The molecule has 2 heterocycles. The molecule has 0 saturated heterocycles. The average Bonchev–Trinajstić information content (AvgIpc) is 2.89. The van der Waals surface area contributed by atoms with Crippen LogP contribution in [-0.4, -0.2) is 5.71 Å². The Balaban J connectivity index is 2.13. The summed E-state index contributed by atoms with van der Waals surface area (Å²) in [6, 6.07) is 12.5. The van der Waals surface area contributed by atoms with Gasteiger partial charge in [0, 0.05) is 21.7 Å². The molecule has 0 N–H and O–H groups in total. The summed E-state index contributed by atoms with van der Waals surface area (Å²) in [4.78, 5) is 5.85. The lowest BCUT2D eigenvalue weighted by Gasteiger charge is -1.99. The molecule has 2 aromatic rings. The molecule has 0 radical (unpaired) electrons. The summed E-state index contributed by atoms with van der Waals surface area (Å²) in [5.41, 5.74) is 4.68. The number of nitrogens with zero attached hydrogens (tertiary/aromatic N) is 1. The number of hydrogen-bond acceptors (Lipinski definition) is 2. The number of para-hydroxylation sites is 1. The summed E-state index contributed by atoms with van der Waals surface area (Å²) in [5, 5.41) is 2.10. The maximum atomic E-state index is 4.57. The number of thiophene rings is 1. The lowest BCUT2D eigenvalue weighted by Crippen LogP contribution is -1.88. The van der Waals surface area contributed by atoms with Gasteiger partial charge in [0.15, 0.2) is 0 Å². The topological polar surface area (TPSA) is 12.4 Å². The zero-order valence-electron chi connectivity index (χ0n) is 8.97. The molecule has 78 valence electrons. The maximum absolute atomic E-state index is 4.57. The number of allylic oxidation sites excluding steroid dienone is 1. The SMILES string of the molecule is CC1=Nc2ccccc2/C1=C/c1cccs1. The van der Waals surface area contributed by atoms with E-state index in [4.69, 9.17) is 0 Å². The van der Waals surface area contributed by atoms with Gasteiger partial charge in [-0.3, -0.25) is 4.99 Å². The molecule has 3 rings (SSSR count). The van der Waals surface area contributed by atoms with Gasteiger partial charge in [0.2, 0.25) is 0 Å². The van der Waals surface area contributed by atoms with Crippen LogP contribution < -0.4 is 0 Å². The summed E-state index contributed by atoms with van der Waals surface area (Å²) >= 11 is 1.76. The molecule has 0 fully saturated rings. The van der Waals surface area contributed by atoms with E-state index in [0.717, 1.165) is 11.4 Å². The smallest absolute Gasteiger partial charge is 0.0712 e. The van der Waals surface area contributed by atoms with E-state index in [1.54, 1.807) is 11.3 Å². The van der Waals surface area contributed by atoms with Crippen LogP contribution in [0.25, 0.3) is 11.6 Å². The van der Waals surface area contributed by atoms with Crippen LogP contribution in [0.15, 0.2) is 46.8 Å². The summed E-state index contributed by atoms with van der Waals surface area (Å²) in [7, 11) is 0. The molecule has 16 heavy (non-hydrogen) atoms. The Morgan fingerprint density at radius 2 is 2.00 bits per heavy atom. The van der Waals surface area contributed by atoms with Gasteiger partial charge in [-0.2, -0.15) is 0 Å². The zero-order chi connectivity index (χ0) is 11.0. The monoisotopic (exact) mass is 225 g/mol. The molecule has 0 amide bonds. The fourth-order valence-corrected chi connectivity index (χ4v) is 2.59. The normalized spacial score (nSPS) is 16.3. The van der Waals surface area contributed by atoms with E-state index in [1.165, 1.54) is 16.0 Å². The molecule has 1 nitrogen and oxygen atoms in total. The Kier molecular flexibility index (Phi) is 2.22. The first-order chi connectivity index (χ1) is 7.84. The minimum absolute atomic E-state index is 1.09. The third kappa shape index (κ3) is 1.51. The summed E-state index contributed by atoms with van der Waals surface area (Å²) in [6.07, 6.45) is 2.22. The molecule has 1 aromatic carbocycles. The zero-order valence-corrected chi connectivity index (χ0v) is 9.79. The van der Waals surface area contributed by atoms with Crippen molar-refractivity contribution in [1.29, 1.82) is 0 Å². The Bertz CT molecular complexity index is 577.